The lowest BCUT2D eigenvalue weighted by Gasteiger charge is -2.22. The summed E-state index contributed by atoms with van der Waals surface area (Å²) in [6.07, 6.45) is 2.42. The highest BCUT2D eigenvalue weighted by molar-refractivity contribution is 5.94. The van der Waals surface area contributed by atoms with Gasteiger partial charge >= 0.3 is 0 Å². The highest BCUT2D eigenvalue weighted by Gasteiger charge is 2.14. The zero-order valence-electron chi connectivity index (χ0n) is 10.3. The topological polar surface area (TPSA) is 41.1 Å². The van der Waals surface area contributed by atoms with Crippen molar-refractivity contribution < 1.29 is 4.79 Å². The van der Waals surface area contributed by atoms with Crippen LogP contribution >= 0.6 is 0 Å². The minimum atomic E-state index is 0.0376. The molecule has 92 valence electrons. The highest BCUT2D eigenvalue weighted by atomic mass is 16.1. The van der Waals surface area contributed by atoms with Crippen LogP contribution in [0.2, 0.25) is 0 Å². The van der Waals surface area contributed by atoms with Gasteiger partial charge in [0.1, 0.15) is 0 Å². The Morgan fingerprint density at radius 1 is 1.41 bits per heavy atom. The second-order valence-electron chi connectivity index (χ2n) is 4.79. The molecule has 17 heavy (non-hydrogen) atoms. The first-order valence-electron chi connectivity index (χ1n) is 6.31. The molecule has 0 bridgehead atoms. The Morgan fingerprint density at radius 3 is 2.82 bits per heavy atom. The van der Waals surface area contributed by atoms with Crippen LogP contribution in [0.3, 0.4) is 0 Å². The maximum absolute atomic E-state index is 11.9. The van der Waals surface area contributed by atoms with E-state index >= 15 is 0 Å². The molecule has 1 aliphatic rings. The number of piperidine rings is 1. The lowest BCUT2D eigenvalue weighted by molar-refractivity contribution is 0.0945. The van der Waals surface area contributed by atoms with Crippen LogP contribution in [0.4, 0.5) is 0 Å². The molecular weight excluding hydrogens is 212 g/mol. The van der Waals surface area contributed by atoms with E-state index < -0.39 is 0 Å². The van der Waals surface area contributed by atoms with Crippen LogP contribution in [0.15, 0.2) is 24.3 Å². The molecule has 0 radical (unpaired) electrons. The van der Waals surface area contributed by atoms with Gasteiger partial charge in [0.15, 0.2) is 0 Å². The van der Waals surface area contributed by atoms with Gasteiger partial charge < -0.3 is 10.6 Å². The van der Waals surface area contributed by atoms with E-state index in [2.05, 4.69) is 10.6 Å². The van der Waals surface area contributed by atoms with Crippen LogP contribution in [-0.2, 0) is 0 Å². The molecule has 1 aliphatic heterocycles. The van der Waals surface area contributed by atoms with Crippen molar-refractivity contribution in [3.05, 3.63) is 35.4 Å². The Labute approximate surface area is 103 Å². The van der Waals surface area contributed by atoms with Crippen molar-refractivity contribution >= 4 is 5.91 Å². The van der Waals surface area contributed by atoms with Gasteiger partial charge in [-0.2, -0.15) is 0 Å². The number of nitrogens with one attached hydrogen (secondary N) is 2. The van der Waals surface area contributed by atoms with Crippen molar-refractivity contribution in [3.8, 4) is 0 Å². The van der Waals surface area contributed by atoms with E-state index in [0.717, 1.165) is 25.2 Å². The second kappa shape index (κ2) is 5.82. The number of amides is 1. The fourth-order valence-corrected chi connectivity index (χ4v) is 2.14. The zero-order valence-corrected chi connectivity index (χ0v) is 10.3. The van der Waals surface area contributed by atoms with Crippen LogP contribution in [-0.4, -0.2) is 25.5 Å². The van der Waals surface area contributed by atoms with Crippen LogP contribution in [0.25, 0.3) is 0 Å². The lowest BCUT2D eigenvalue weighted by Crippen LogP contribution is -2.38. The Balaban J connectivity index is 1.82. The molecule has 1 amide bonds. The van der Waals surface area contributed by atoms with Crippen molar-refractivity contribution in [2.24, 2.45) is 5.92 Å². The number of rotatable bonds is 3. The quantitative estimate of drug-likeness (QED) is 0.833. The summed E-state index contributed by atoms with van der Waals surface area (Å²) in [6, 6.07) is 7.70. The number of carbonyl (C=O) groups excluding carboxylic acids is 1. The molecule has 0 aromatic heterocycles. The maximum atomic E-state index is 11.9. The van der Waals surface area contributed by atoms with E-state index in [1.54, 1.807) is 0 Å². The fourth-order valence-electron chi connectivity index (χ4n) is 2.14. The second-order valence-corrected chi connectivity index (χ2v) is 4.79. The summed E-state index contributed by atoms with van der Waals surface area (Å²) < 4.78 is 0. The molecule has 1 atom stereocenters. The Hall–Kier alpha value is -1.35. The normalized spacial score (nSPS) is 19.9. The third-order valence-corrected chi connectivity index (χ3v) is 3.26. The molecule has 2 N–H and O–H groups in total. The number of hydrogen-bond acceptors (Lipinski definition) is 2. The third-order valence-electron chi connectivity index (χ3n) is 3.26. The van der Waals surface area contributed by atoms with Gasteiger partial charge in [0.05, 0.1) is 0 Å². The average Bonchev–Trinajstić information content (AvgIpc) is 2.38. The van der Waals surface area contributed by atoms with Gasteiger partial charge in [-0.3, -0.25) is 4.79 Å². The number of hydrogen-bond donors (Lipinski definition) is 2. The minimum Gasteiger partial charge on any atom is -0.352 e. The summed E-state index contributed by atoms with van der Waals surface area (Å²) in [5.74, 6) is 0.619. The van der Waals surface area contributed by atoms with Crippen LogP contribution in [0.5, 0.6) is 0 Å². The van der Waals surface area contributed by atoms with Gasteiger partial charge in [-0.15, -0.1) is 0 Å². The molecule has 1 saturated heterocycles. The highest BCUT2D eigenvalue weighted by Crippen LogP contribution is 2.09. The molecular formula is C14H20N2O. The minimum absolute atomic E-state index is 0.0376. The first-order chi connectivity index (χ1) is 8.25. The van der Waals surface area contributed by atoms with Crippen LogP contribution in [0.1, 0.15) is 28.8 Å². The van der Waals surface area contributed by atoms with E-state index in [0.29, 0.717) is 5.92 Å². The summed E-state index contributed by atoms with van der Waals surface area (Å²) in [6.45, 7) is 4.94. The van der Waals surface area contributed by atoms with Gasteiger partial charge in [-0.25, -0.2) is 0 Å². The van der Waals surface area contributed by atoms with Crippen molar-refractivity contribution in [3.63, 3.8) is 0 Å². The van der Waals surface area contributed by atoms with E-state index in [9.17, 15) is 4.79 Å². The average molecular weight is 232 g/mol. The molecule has 0 saturated carbocycles. The third kappa shape index (κ3) is 3.56. The molecule has 0 aliphatic carbocycles. The summed E-state index contributed by atoms with van der Waals surface area (Å²) in [4.78, 5) is 11.9. The monoisotopic (exact) mass is 232 g/mol. The van der Waals surface area contributed by atoms with E-state index in [1.165, 1.54) is 18.4 Å². The summed E-state index contributed by atoms with van der Waals surface area (Å²) >= 11 is 0. The van der Waals surface area contributed by atoms with Gasteiger partial charge in [0.2, 0.25) is 0 Å². The molecule has 1 heterocycles. The standard InChI is InChI=1S/C14H20N2O/c1-11-4-6-13(7-5-11)14(17)16-10-12-3-2-8-15-9-12/h4-7,12,15H,2-3,8-10H2,1H3,(H,16,17)/t12-/m0/s1. The fraction of sp³-hybridized carbons (Fsp3) is 0.500. The smallest absolute Gasteiger partial charge is 0.251 e. The predicted molar refractivity (Wildman–Crippen MR) is 69.1 cm³/mol. The Morgan fingerprint density at radius 2 is 2.18 bits per heavy atom. The molecule has 1 fully saturated rings. The molecule has 1 aromatic carbocycles. The van der Waals surface area contributed by atoms with Crippen LogP contribution in [0, 0.1) is 12.8 Å². The summed E-state index contributed by atoms with van der Waals surface area (Å²) in [7, 11) is 0. The summed E-state index contributed by atoms with van der Waals surface area (Å²) in [5.41, 5.74) is 1.93. The van der Waals surface area contributed by atoms with Crippen molar-refractivity contribution in [1.29, 1.82) is 0 Å². The number of carbonyl (C=O) groups is 1. The van der Waals surface area contributed by atoms with Gasteiger partial charge in [-0.05, 0) is 50.9 Å². The maximum Gasteiger partial charge on any atom is 0.251 e. The predicted octanol–water partition coefficient (Wildman–Crippen LogP) is 1.72. The SMILES string of the molecule is Cc1ccc(C(=O)NC[C@H]2CCCNC2)cc1. The number of aryl methyl sites for hydroxylation is 1. The van der Waals surface area contributed by atoms with Crippen molar-refractivity contribution in [2.45, 2.75) is 19.8 Å². The Kier molecular flexibility index (Phi) is 4.15. The van der Waals surface area contributed by atoms with Gasteiger partial charge in [0.25, 0.3) is 5.91 Å². The summed E-state index contributed by atoms with van der Waals surface area (Å²) in [5, 5.41) is 6.36. The Bertz CT molecular complexity index is 366. The molecule has 1 aromatic rings. The van der Waals surface area contributed by atoms with E-state index in [1.807, 2.05) is 31.2 Å². The zero-order chi connectivity index (χ0) is 12.1. The lowest BCUT2D eigenvalue weighted by atomic mass is 9.99. The molecule has 0 spiro atoms. The molecule has 2 rings (SSSR count). The largest absolute Gasteiger partial charge is 0.352 e. The van der Waals surface area contributed by atoms with Gasteiger partial charge in [-0.1, -0.05) is 17.7 Å². The molecule has 0 unspecified atom stereocenters. The van der Waals surface area contributed by atoms with Crippen molar-refractivity contribution in [2.75, 3.05) is 19.6 Å². The van der Waals surface area contributed by atoms with Gasteiger partial charge in [0, 0.05) is 12.1 Å². The van der Waals surface area contributed by atoms with E-state index in [-0.39, 0.29) is 5.91 Å². The van der Waals surface area contributed by atoms with E-state index in [4.69, 9.17) is 0 Å². The van der Waals surface area contributed by atoms with Crippen molar-refractivity contribution in [1.82, 2.24) is 10.6 Å². The van der Waals surface area contributed by atoms with Crippen LogP contribution < -0.4 is 10.6 Å². The molecule has 3 nitrogen and oxygen atoms in total. The first kappa shape index (κ1) is 12.1. The molecule has 3 heteroatoms. The first-order valence-corrected chi connectivity index (χ1v) is 6.31. The number of benzene rings is 1.